The number of para-hydroxylation sites is 1. The molecule has 94 valence electrons. The zero-order chi connectivity index (χ0) is 12.8. The van der Waals surface area contributed by atoms with Gasteiger partial charge < -0.3 is 11.1 Å². The first-order valence-electron chi connectivity index (χ1n) is 6.13. The van der Waals surface area contributed by atoms with Gasteiger partial charge in [0.05, 0.1) is 0 Å². The number of hydrogen-bond donors (Lipinski definition) is 2. The number of nitrogens with one attached hydrogen (secondary N) is 1. The Morgan fingerprint density at radius 1 is 1.29 bits per heavy atom. The second kappa shape index (κ2) is 6.40. The third-order valence-corrected chi connectivity index (χ3v) is 2.79. The Balaban J connectivity index is 2.71. The van der Waals surface area contributed by atoms with Crippen molar-refractivity contribution in [2.24, 2.45) is 11.7 Å². The van der Waals surface area contributed by atoms with Crippen LogP contribution in [0.25, 0.3) is 0 Å². The van der Waals surface area contributed by atoms with Crippen molar-refractivity contribution in [2.75, 3.05) is 11.9 Å². The highest BCUT2D eigenvalue weighted by atomic mass is 16.1. The maximum absolute atomic E-state index is 11.8. The summed E-state index contributed by atoms with van der Waals surface area (Å²) in [6.45, 7) is 6.76. The van der Waals surface area contributed by atoms with Gasteiger partial charge in [-0.1, -0.05) is 39.0 Å². The van der Waals surface area contributed by atoms with Gasteiger partial charge in [0, 0.05) is 12.1 Å². The minimum atomic E-state index is 0.0380. The first-order chi connectivity index (χ1) is 8.04. The third-order valence-electron chi connectivity index (χ3n) is 2.79. The number of benzene rings is 1. The van der Waals surface area contributed by atoms with E-state index in [1.807, 2.05) is 31.2 Å². The molecule has 0 saturated carbocycles. The van der Waals surface area contributed by atoms with E-state index in [-0.39, 0.29) is 11.8 Å². The third kappa shape index (κ3) is 4.19. The summed E-state index contributed by atoms with van der Waals surface area (Å²) < 4.78 is 0. The number of carbonyl (C=O) groups is 1. The minimum absolute atomic E-state index is 0.0380. The quantitative estimate of drug-likeness (QED) is 0.823. The van der Waals surface area contributed by atoms with Crippen LogP contribution in [0.15, 0.2) is 24.3 Å². The van der Waals surface area contributed by atoms with Gasteiger partial charge >= 0.3 is 0 Å². The second-order valence-corrected chi connectivity index (χ2v) is 4.84. The molecule has 3 nitrogen and oxygen atoms in total. The van der Waals surface area contributed by atoms with E-state index in [1.54, 1.807) is 0 Å². The summed E-state index contributed by atoms with van der Waals surface area (Å²) in [5.74, 6) is 0.663. The Hall–Kier alpha value is -1.35. The molecule has 0 aliphatic carbocycles. The van der Waals surface area contributed by atoms with Crippen LogP contribution in [-0.4, -0.2) is 12.5 Å². The van der Waals surface area contributed by atoms with Crippen molar-refractivity contribution in [3.8, 4) is 0 Å². The summed E-state index contributed by atoms with van der Waals surface area (Å²) in [5.41, 5.74) is 7.59. The lowest BCUT2D eigenvalue weighted by Crippen LogP contribution is -2.20. The molecule has 0 aliphatic heterocycles. The largest absolute Gasteiger partial charge is 0.330 e. The predicted molar refractivity (Wildman–Crippen MR) is 72.0 cm³/mol. The van der Waals surface area contributed by atoms with Crippen molar-refractivity contribution >= 4 is 11.6 Å². The van der Waals surface area contributed by atoms with Gasteiger partial charge in [-0.25, -0.2) is 0 Å². The van der Waals surface area contributed by atoms with E-state index in [4.69, 9.17) is 5.73 Å². The molecule has 1 aromatic rings. The van der Waals surface area contributed by atoms with Crippen LogP contribution in [0.2, 0.25) is 0 Å². The van der Waals surface area contributed by atoms with Crippen LogP contribution in [0.3, 0.4) is 0 Å². The molecule has 1 rings (SSSR count). The Labute approximate surface area is 103 Å². The van der Waals surface area contributed by atoms with Crippen molar-refractivity contribution in [3.05, 3.63) is 29.8 Å². The minimum Gasteiger partial charge on any atom is -0.330 e. The summed E-state index contributed by atoms with van der Waals surface area (Å²) in [5, 5.41) is 2.96. The van der Waals surface area contributed by atoms with E-state index in [0.717, 1.165) is 5.69 Å². The summed E-state index contributed by atoms with van der Waals surface area (Å²) >= 11 is 0. The molecule has 0 fully saturated rings. The molecular formula is C14H22N2O. The maximum atomic E-state index is 11.8. The summed E-state index contributed by atoms with van der Waals surface area (Å²) in [4.78, 5) is 11.8. The fourth-order valence-electron chi connectivity index (χ4n) is 1.72. The first kappa shape index (κ1) is 13.7. The normalized spacial score (nSPS) is 12.5. The molecule has 3 heteroatoms. The number of anilines is 1. The number of amides is 1. The van der Waals surface area contributed by atoms with Gasteiger partial charge in [0.25, 0.3) is 0 Å². The summed E-state index contributed by atoms with van der Waals surface area (Å²) in [7, 11) is 0. The molecule has 17 heavy (non-hydrogen) atoms. The van der Waals surface area contributed by atoms with E-state index in [0.29, 0.717) is 18.9 Å². The summed E-state index contributed by atoms with van der Waals surface area (Å²) in [6, 6.07) is 7.92. The Bertz CT molecular complexity index is 374. The molecule has 1 unspecified atom stereocenters. The van der Waals surface area contributed by atoms with Gasteiger partial charge in [-0.2, -0.15) is 0 Å². The molecule has 0 heterocycles. The number of hydrogen-bond acceptors (Lipinski definition) is 2. The van der Waals surface area contributed by atoms with Crippen LogP contribution in [0.4, 0.5) is 5.69 Å². The molecule has 1 aromatic carbocycles. The molecule has 0 bridgehead atoms. The van der Waals surface area contributed by atoms with E-state index in [9.17, 15) is 4.79 Å². The SMILES string of the molecule is CC(CN)CC(=O)Nc1ccccc1C(C)C. The van der Waals surface area contributed by atoms with Crippen LogP contribution < -0.4 is 11.1 Å². The highest BCUT2D eigenvalue weighted by Gasteiger charge is 2.11. The van der Waals surface area contributed by atoms with Crippen LogP contribution >= 0.6 is 0 Å². The fraction of sp³-hybridized carbons (Fsp3) is 0.500. The van der Waals surface area contributed by atoms with Crippen LogP contribution in [-0.2, 0) is 4.79 Å². The second-order valence-electron chi connectivity index (χ2n) is 4.84. The smallest absolute Gasteiger partial charge is 0.224 e. The lowest BCUT2D eigenvalue weighted by Gasteiger charge is -2.14. The van der Waals surface area contributed by atoms with Gasteiger partial charge in [0.15, 0.2) is 0 Å². The fourth-order valence-corrected chi connectivity index (χ4v) is 1.72. The lowest BCUT2D eigenvalue weighted by atomic mass is 10.0. The zero-order valence-corrected chi connectivity index (χ0v) is 10.9. The van der Waals surface area contributed by atoms with Gasteiger partial charge in [-0.05, 0) is 30.0 Å². The summed E-state index contributed by atoms with van der Waals surface area (Å²) in [6.07, 6.45) is 0.475. The Morgan fingerprint density at radius 2 is 1.94 bits per heavy atom. The van der Waals surface area contributed by atoms with E-state index >= 15 is 0 Å². The maximum Gasteiger partial charge on any atom is 0.224 e. The highest BCUT2D eigenvalue weighted by molar-refractivity contribution is 5.91. The van der Waals surface area contributed by atoms with Gasteiger partial charge in [0.1, 0.15) is 0 Å². The number of nitrogens with two attached hydrogens (primary N) is 1. The number of carbonyl (C=O) groups excluding carboxylic acids is 1. The molecule has 1 amide bonds. The number of rotatable bonds is 5. The van der Waals surface area contributed by atoms with Crippen molar-refractivity contribution in [1.82, 2.24) is 0 Å². The average Bonchev–Trinajstić information content (AvgIpc) is 2.29. The predicted octanol–water partition coefficient (Wildman–Crippen LogP) is 2.73. The molecule has 1 atom stereocenters. The van der Waals surface area contributed by atoms with Crippen molar-refractivity contribution in [1.29, 1.82) is 0 Å². The molecule has 0 spiro atoms. The Morgan fingerprint density at radius 3 is 2.53 bits per heavy atom. The molecule has 0 radical (unpaired) electrons. The van der Waals surface area contributed by atoms with Crippen molar-refractivity contribution in [3.63, 3.8) is 0 Å². The molecule has 3 N–H and O–H groups in total. The molecule has 0 aliphatic rings. The topological polar surface area (TPSA) is 55.1 Å². The Kier molecular flexibility index (Phi) is 5.16. The van der Waals surface area contributed by atoms with E-state index in [2.05, 4.69) is 19.2 Å². The molecular weight excluding hydrogens is 212 g/mol. The van der Waals surface area contributed by atoms with Crippen LogP contribution in [0.1, 0.15) is 38.7 Å². The van der Waals surface area contributed by atoms with Gasteiger partial charge in [-0.15, -0.1) is 0 Å². The molecule has 0 saturated heterocycles. The molecule has 0 aromatic heterocycles. The van der Waals surface area contributed by atoms with E-state index in [1.165, 1.54) is 5.56 Å². The van der Waals surface area contributed by atoms with E-state index < -0.39 is 0 Å². The standard InChI is InChI=1S/C14H22N2O/c1-10(2)12-6-4-5-7-13(12)16-14(17)8-11(3)9-15/h4-7,10-11H,8-9,15H2,1-3H3,(H,16,17). The lowest BCUT2D eigenvalue weighted by molar-refractivity contribution is -0.116. The van der Waals surface area contributed by atoms with Crippen LogP contribution in [0.5, 0.6) is 0 Å². The van der Waals surface area contributed by atoms with Crippen molar-refractivity contribution < 1.29 is 4.79 Å². The zero-order valence-electron chi connectivity index (χ0n) is 10.9. The van der Waals surface area contributed by atoms with Crippen molar-refractivity contribution in [2.45, 2.75) is 33.1 Å². The first-order valence-corrected chi connectivity index (χ1v) is 6.13. The van der Waals surface area contributed by atoms with Crippen LogP contribution in [0, 0.1) is 5.92 Å². The monoisotopic (exact) mass is 234 g/mol. The van der Waals surface area contributed by atoms with Gasteiger partial charge in [0.2, 0.25) is 5.91 Å². The van der Waals surface area contributed by atoms with Gasteiger partial charge in [-0.3, -0.25) is 4.79 Å². The highest BCUT2D eigenvalue weighted by Crippen LogP contribution is 2.23. The average molecular weight is 234 g/mol.